The Morgan fingerprint density at radius 3 is 2.46 bits per heavy atom. The molecule has 0 spiro atoms. The lowest BCUT2D eigenvalue weighted by Crippen LogP contribution is -2.22. The highest BCUT2D eigenvalue weighted by atomic mass is 35.5. The standard InChI is InChI=1S/C22H17ClFN3O/c23-19-7-1-16(2-8-19)14-27-21-11-17(5-6-18(21)13-26-27)22(28)25-12-15-3-9-20(24)10-4-15/h1-11,13H,12,14H2,(H,25,28). The van der Waals surface area contributed by atoms with Crippen LogP contribution in [0.3, 0.4) is 0 Å². The van der Waals surface area contributed by atoms with E-state index >= 15 is 0 Å². The molecule has 0 saturated carbocycles. The van der Waals surface area contributed by atoms with Crippen molar-refractivity contribution in [2.45, 2.75) is 13.1 Å². The lowest BCUT2D eigenvalue weighted by Gasteiger charge is -2.08. The van der Waals surface area contributed by atoms with Crippen LogP contribution < -0.4 is 5.32 Å². The van der Waals surface area contributed by atoms with Crippen molar-refractivity contribution < 1.29 is 9.18 Å². The SMILES string of the molecule is O=C(NCc1ccc(F)cc1)c1ccc2cnn(Cc3ccc(Cl)cc3)c2c1. The molecule has 0 bridgehead atoms. The average molecular weight is 394 g/mol. The summed E-state index contributed by atoms with van der Waals surface area (Å²) in [6.07, 6.45) is 1.78. The summed E-state index contributed by atoms with van der Waals surface area (Å²) in [7, 11) is 0. The smallest absolute Gasteiger partial charge is 0.251 e. The van der Waals surface area contributed by atoms with Crippen molar-refractivity contribution in [2.24, 2.45) is 0 Å². The molecular weight excluding hydrogens is 377 g/mol. The van der Waals surface area contributed by atoms with Crippen LogP contribution in [-0.2, 0) is 13.1 Å². The molecule has 1 N–H and O–H groups in total. The van der Waals surface area contributed by atoms with Gasteiger partial charge in [-0.3, -0.25) is 9.48 Å². The molecule has 0 radical (unpaired) electrons. The van der Waals surface area contributed by atoms with Crippen LogP contribution in [0.1, 0.15) is 21.5 Å². The maximum absolute atomic E-state index is 13.0. The van der Waals surface area contributed by atoms with Crippen molar-refractivity contribution in [2.75, 3.05) is 0 Å². The van der Waals surface area contributed by atoms with Crippen LogP contribution in [0.5, 0.6) is 0 Å². The van der Waals surface area contributed by atoms with Gasteiger partial charge in [0.2, 0.25) is 0 Å². The van der Waals surface area contributed by atoms with E-state index in [4.69, 9.17) is 11.6 Å². The first-order valence-corrected chi connectivity index (χ1v) is 9.19. The van der Waals surface area contributed by atoms with E-state index in [2.05, 4.69) is 10.4 Å². The fourth-order valence-corrected chi connectivity index (χ4v) is 3.11. The molecule has 4 nitrogen and oxygen atoms in total. The van der Waals surface area contributed by atoms with Crippen molar-refractivity contribution in [1.82, 2.24) is 15.1 Å². The molecule has 1 amide bonds. The molecule has 0 unspecified atom stereocenters. The van der Waals surface area contributed by atoms with Crippen molar-refractivity contribution in [3.8, 4) is 0 Å². The number of nitrogens with one attached hydrogen (secondary N) is 1. The zero-order valence-corrected chi connectivity index (χ0v) is 15.7. The van der Waals surface area contributed by atoms with Crippen LogP contribution in [0, 0.1) is 5.82 Å². The summed E-state index contributed by atoms with van der Waals surface area (Å²) in [6, 6.07) is 19.1. The summed E-state index contributed by atoms with van der Waals surface area (Å²) >= 11 is 5.94. The quantitative estimate of drug-likeness (QED) is 0.529. The fourth-order valence-electron chi connectivity index (χ4n) is 2.99. The molecule has 0 aliphatic heterocycles. The van der Waals surface area contributed by atoms with Gasteiger partial charge in [0.05, 0.1) is 18.3 Å². The predicted octanol–water partition coefficient (Wildman–Crippen LogP) is 4.81. The Balaban J connectivity index is 1.52. The third kappa shape index (κ3) is 4.05. The van der Waals surface area contributed by atoms with Crippen molar-refractivity contribution in [1.29, 1.82) is 0 Å². The highest BCUT2D eigenvalue weighted by molar-refractivity contribution is 6.30. The van der Waals surface area contributed by atoms with Gasteiger partial charge in [-0.25, -0.2) is 4.39 Å². The Bertz CT molecular complexity index is 1120. The number of carbonyl (C=O) groups excluding carboxylic acids is 1. The Kier molecular flexibility index (Phi) is 5.08. The second-order valence-corrected chi connectivity index (χ2v) is 6.95. The third-order valence-corrected chi connectivity index (χ3v) is 4.77. The summed E-state index contributed by atoms with van der Waals surface area (Å²) in [4.78, 5) is 12.5. The topological polar surface area (TPSA) is 46.9 Å². The fraction of sp³-hybridized carbons (Fsp3) is 0.0909. The van der Waals surface area contributed by atoms with Gasteiger partial charge in [0.1, 0.15) is 5.82 Å². The number of aromatic nitrogens is 2. The highest BCUT2D eigenvalue weighted by Crippen LogP contribution is 2.18. The monoisotopic (exact) mass is 393 g/mol. The van der Waals surface area contributed by atoms with E-state index in [9.17, 15) is 9.18 Å². The first kappa shape index (κ1) is 18.2. The Labute approximate surface area is 166 Å². The zero-order chi connectivity index (χ0) is 19.5. The Morgan fingerprint density at radius 1 is 1.00 bits per heavy atom. The largest absolute Gasteiger partial charge is 0.348 e. The van der Waals surface area contributed by atoms with Crippen LogP contribution in [-0.4, -0.2) is 15.7 Å². The number of rotatable bonds is 5. The average Bonchev–Trinajstić information content (AvgIpc) is 3.11. The van der Waals surface area contributed by atoms with Gasteiger partial charge in [0, 0.05) is 22.5 Å². The van der Waals surface area contributed by atoms with Crippen LogP contribution in [0.15, 0.2) is 72.9 Å². The van der Waals surface area contributed by atoms with Gasteiger partial charge in [-0.15, -0.1) is 0 Å². The second-order valence-electron chi connectivity index (χ2n) is 6.51. The molecule has 0 saturated heterocycles. The highest BCUT2D eigenvalue weighted by Gasteiger charge is 2.10. The lowest BCUT2D eigenvalue weighted by atomic mass is 10.1. The molecule has 1 aromatic heterocycles. The minimum atomic E-state index is -0.297. The lowest BCUT2D eigenvalue weighted by molar-refractivity contribution is 0.0951. The molecule has 3 aromatic carbocycles. The van der Waals surface area contributed by atoms with Crippen molar-refractivity contribution >= 4 is 28.4 Å². The Morgan fingerprint density at radius 2 is 1.71 bits per heavy atom. The molecule has 0 atom stereocenters. The summed E-state index contributed by atoms with van der Waals surface area (Å²) in [5.74, 6) is -0.486. The minimum absolute atomic E-state index is 0.189. The van der Waals surface area contributed by atoms with Gasteiger partial charge < -0.3 is 5.32 Å². The molecular formula is C22H17ClFN3O. The van der Waals surface area contributed by atoms with Crippen molar-refractivity contribution in [3.63, 3.8) is 0 Å². The number of hydrogen-bond donors (Lipinski definition) is 1. The van der Waals surface area contributed by atoms with E-state index in [-0.39, 0.29) is 11.7 Å². The predicted molar refractivity (Wildman–Crippen MR) is 108 cm³/mol. The number of amides is 1. The van der Waals surface area contributed by atoms with Crippen LogP contribution in [0.4, 0.5) is 4.39 Å². The van der Waals surface area contributed by atoms with E-state index < -0.39 is 0 Å². The first-order valence-electron chi connectivity index (χ1n) is 8.81. The van der Waals surface area contributed by atoms with E-state index in [1.807, 2.05) is 41.1 Å². The molecule has 0 aliphatic carbocycles. The summed E-state index contributed by atoms with van der Waals surface area (Å²) < 4.78 is 14.8. The molecule has 0 aliphatic rings. The van der Waals surface area contributed by atoms with Crippen LogP contribution >= 0.6 is 11.6 Å². The maximum Gasteiger partial charge on any atom is 0.251 e. The number of nitrogens with zero attached hydrogens (tertiary/aromatic N) is 2. The maximum atomic E-state index is 13.0. The summed E-state index contributed by atoms with van der Waals surface area (Å²) in [5, 5.41) is 8.94. The van der Waals surface area contributed by atoms with Gasteiger partial charge in [0.25, 0.3) is 5.91 Å². The van der Waals surface area contributed by atoms with Gasteiger partial charge in [-0.05, 0) is 47.5 Å². The number of hydrogen-bond acceptors (Lipinski definition) is 2. The molecule has 4 rings (SSSR count). The molecule has 0 fully saturated rings. The molecule has 1 heterocycles. The minimum Gasteiger partial charge on any atom is -0.348 e. The molecule has 6 heteroatoms. The molecule has 4 aromatic rings. The third-order valence-electron chi connectivity index (χ3n) is 4.52. The van der Waals surface area contributed by atoms with Gasteiger partial charge >= 0.3 is 0 Å². The van der Waals surface area contributed by atoms with Gasteiger partial charge in [-0.2, -0.15) is 5.10 Å². The number of halogens is 2. The van der Waals surface area contributed by atoms with Crippen LogP contribution in [0.25, 0.3) is 10.9 Å². The van der Waals surface area contributed by atoms with Crippen molar-refractivity contribution in [3.05, 3.63) is 100 Å². The second kappa shape index (κ2) is 7.82. The van der Waals surface area contributed by atoms with Gasteiger partial charge in [-0.1, -0.05) is 41.9 Å². The van der Waals surface area contributed by atoms with E-state index in [1.165, 1.54) is 12.1 Å². The number of fused-ring (bicyclic) bond motifs is 1. The summed E-state index contributed by atoms with van der Waals surface area (Å²) in [5.41, 5.74) is 3.33. The van der Waals surface area contributed by atoms with E-state index in [0.717, 1.165) is 22.0 Å². The first-order chi connectivity index (χ1) is 13.6. The summed E-state index contributed by atoms with van der Waals surface area (Å²) in [6.45, 7) is 0.919. The number of benzene rings is 3. The van der Waals surface area contributed by atoms with E-state index in [0.29, 0.717) is 23.7 Å². The van der Waals surface area contributed by atoms with Gasteiger partial charge in [0.15, 0.2) is 0 Å². The number of carbonyl (C=O) groups is 1. The zero-order valence-electron chi connectivity index (χ0n) is 14.9. The normalized spacial score (nSPS) is 10.9. The van der Waals surface area contributed by atoms with E-state index in [1.54, 1.807) is 24.4 Å². The Hall–Kier alpha value is -3.18. The molecule has 140 valence electrons. The molecule has 28 heavy (non-hydrogen) atoms. The van der Waals surface area contributed by atoms with Crippen LogP contribution in [0.2, 0.25) is 5.02 Å².